The minimum absolute atomic E-state index is 0.138. The fourth-order valence-electron chi connectivity index (χ4n) is 3.32. The Morgan fingerprint density at radius 2 is 2.12 bits per heavy atom. The van der Waals surface area contributed by atoms with E-state index in [9.17, 15) is 14.4 Å². The van der Waals surface area contributed by atoms with Crippen LogP contribution in [0.2, 0.25) is 0 Å². The quantitative estimate of drug-likeness (QED) is 0.746. The Bertz CT molecular complexity index is 718. The maximum absolute atomic E-state index is 12.8. The van der Waals surface area contributed by atoms with Gasteiger partial charge in [0.2, 0.25) is 11.8 Å². The molecule has 2 aliphatic heterocycles. The number of imide groups is 1. The number of piperidine rings is 1. The maximum atomic E-state index is 12.8. The molecule has 25 heavy (non-hydrogen) atoms. The second kappa shape index (κ2) is 6.93. The average molecular weight is 344 g/mol. The number of carbonyl (C=O) groups excluding carboxylic acids is 3. The molecule has 3 N–H and O–H groups in total. The van der Waals surface area contributed by atoms with Gasteiger partial charge >= 0.3 is 0 Å². The van der Waals surface area contributed by atoms with Crippen molar-refractivity contribution < 1.29 is 14.4 Å². The molecule has 1 fully saturated rings. The molecule has 3 rings (SSSR count). The molecular weight excluding hydrogens is 320 g/mol. The minimum atomic E-state index is -0.569. The van der Waals surface area contributed by atoms with Crippen LogP contribution in [-0.4, -0.2) is 53.2 Å². The van der Waals surface area contributed by atoms with E-state index in [-0.39, 0.29) is 30.2 Å². The van der Waals surface area contributed by atoms with Gasteiger partial charge in [-0.1, -0.05) is 12.1 Å². The number of likely N-dealkylation sites (N-methyl/N-ethyl adjacent to an activating group) is 1. The van der Waals surface area contributed by atoms with Crippen LogP contribution >= 0.6 is 0 Å². The molecule has 1 unspecified atom stereocenters. The van der Waals surface area contributed by atoms with Crippen LogP contribution in [0, 0.1) is 0 Å². The lowest BCUT2D eigenvalue weighted by Gasteiger charge is -2.29. The summed E-state index contributed by atoms with van der Waals surface area (Å²) in [5, 5.41) is 2.32. The molecule has 3 amide bonds. The standard InChI is InChI=1S/C18H24N4O3/c1-11(8-19)21(2)9-12-3-4-13-10-22(18(25)14(13)7-12)15-5-6-16(23)20-17(15)24/h3-4,7,11,15H,5-6,8-10,19H2,1-2H3,(H,20,23,24)/t11-,15?/m1/s1. The fourth-order valence-corrected chi connectivity index (χ4v) is 3.32. The number of nitrogens with two attached hydrogens (primary N) is 1. The first-order valence-corrected chi connectivity index (χ1v) is 8.57. The van der Waals surface area contributed by atoms with Crippen LogP contribution in [-0.2, 0) is 22.7 Å². The monoisotopic (exact) mass is 344 g/mol. The number of nitrogens with one attached hydrogen (secondary N) is 1. The Kier molecular flexibility index (Phi) is 4.87. The summed E-state index contributed by atoms with van der Waals surface area (Å²) in [6, 6.07) is 5.56. The Balaban J connectivity index is 1.76. The van der Waals surface area contributed by atoms with E-state index in [4.69, 9.17) is 5.73 Å². The van der Waals surface area contributed by atoms with Crippen molar-refractivity contribution in [2.75, 3.05) is 13.6 Å². The summed E-state index contributed by atoms with van der Waals surface area (Å²) in [5.74, 6) is -0.792. The molecule has 2 atom stereocenters. The van der Waals surface area contributed by atoms with Gasteiger partial charge < -0.3 is 10.6 Å². The number of carbonyl (C=O) groups is 3. The van der Waals surface area contributed by atoms with Crippen LogP contribution < -0.4 is 11.1 Å². The summed E-state index contributed by atoms with van der Waals surface area (Å²) in [7, 11) is 2.00. The third-order valence-corrected chi connectivity index (χ3v) is 5.12. The van der Waals surface area contributed by atoms with Crippen molar-refractivity contribution in [3.63, 3.8) is 0 Å². The summed E-state index contributed by atoms with van der Waals surface area (Å²) in [6.45, 7) is 3.75. The van der Waals surface area contributed by atoms with E-state index >= 15 is 0 Å². The Hall–Kier alpha value is -2.25. The second-order valence-electron chi connectivity index (χ2n) is 6.89. The molecule has 0 radical (unpaired) electrons. The van der Waals surface area contributed by atoms with Crippen LogP contribution in [0.4, 0.5) is 0 Å². The highest BCUT2D eigenvalue weighted by atomic mass is 16.2. The molecular formula is C18H24N4O3. The van der Waals surface area contributed by atoms with E-state index in [0.717, 1.165) is 11.1 Å². The number of benzene rings is 1. The summed E-state index contributed by atoms with van der Waals surface area (Å²) in [4.78, 5) is 39.9. The number of fused-ring (bicyclic) bond motifs is 1. The second-order valence-corrected chi connectivity index (χ2v) is 6.89. The van der Waals surface area contributed by atoms with Gasteiger partial charge in [0.15, 0.2) is 0 Å². The molecule has 0 bridgehead atoms. The summed E-state index contributed by atoms with van der Waals surface area (Å²) < 4.78 is 0. The molecule has 1 aromatic carbocycles. The van der Waals surface area contributed by atoms with E-state index < -0.39 is 6.04 Å². The van der Waals surface area contributed by atoms with Crippen molar-refractivity contribution in [2.45, 2.75) is 44.9 Å². The summed E-state index contributed by atoms with van der Waals surface area (Å²) in [5.41, 5.74) is 8.31. The molecule has 1 saturated heterocycles. The minimum Gasteiger partial charge on any atom is -0.329 e. The van der Waals surface area contributed by atoms with Gasteiger partial charge in [-0.25, -0.2) is 0 Å². The van der Waals surface area contributed by atoms with Crippen molar-refractivity contribution in [3.05, 3.63) is 34.9 Å². The van der Waals surface area contributed by atoms with Crippen molar-refractivity contribution in [1.29, 1.82) is 0 Å². The molecule has 134 valence electrons. The zero-order valence-electron chi connectivity index (χ0n) is 14.6. The topological polar surface area (TPSA) is 95.7 Å². The summed E-state index contributed by atoms with van der Waals surface area (Å²) in [6.07, 6.45) is 0.650. The van der Waals surface area contributed by atoms with E-state index in [1.165, 1.54) is 0 Å². The third kappa shape index (κ3) is 3.43. The first-order valence-electron chi connectivity index (χ1n) is 8.57. The van der Waals surface area contributed by atoms with Crippen LogP contribution in [0.5, 0.6) is 0 Å². The summed E-state index contributed by atoms with van der Waals surface area (Å²) >= 11 is 0. The van der Waals surface area contributed by atoms with Gasteiger partial charge in [-0.15, -0.1) is 0 Å². The lowest BCUT2D eigenvalue weighted by atomic mass is 10.0. The SMILES string of the molecule is C[C@H](CN)N(C)Cc1ccc2c(c1)C(=O)N(C1CCC(=O)NC1=O)C2. The number of hydrogen-bond acceptors (Lipinski definition) is 5. The maximum Gasteiger partial charge on any atom is 0.255 e. The average Bonchev–Trinajstić information content (AvgIpc) is 2.90. The number of amides is 3. The van der Waals surface area contributed by atoms with Gasteiger partial charge in [-0.2, -0.15) is 0 Å². The highest BCUT2D eigenvalue weighted by Gasteiger charge is 2.39. The fraction of sp³-hybridized carbons (Fsp3) is 0.500. The number of nitrogens with zero attached hydrogens (tertiary/aromatic N) is 2. The van der Waals surface area contributed by atoms with Gasteiger partial charge in [0.1, 0.15) is 6.04 Å². The van der Waals surface area contributed by atoms with Crippen molar-refractivity contribution >= 4 is 17.7 Å². The predicted molar refractivity (Wildman–Crippen MR) is 92.5 cm³/mol. The van der Waals surface area contributed by atoms with E-state index in [2.05, 4.69) is 17.1 Å². The Morgan fingerprint density at radius 3 is 2.80 bits per heavy atom. The molecule has 2 aliphatic rings. The molecule has 0 saturated carbocycles. The first kappa shape index (κ1) is 17.6. The van der Waals surface area contributed by atoms with E-state index in [1.54, 1.807) is 4.90 Å². The van der Waals surface area contributed by atoms with Crippen molar-refractivity contribution in [2.24, 2.45) is 5.73 Å². The first-order chi connectivity index (χ1) is 11.9. The van der Waals surface area contributed by atoms with Crippen LogP contribution in [0.1, 0.15) is 41.3 Å². The Labute approximate surface area is 147 Å². The molecule has 2 heterocycles. The third-order valence-electron chi connectivity index (χ3n) is 5.12. The lowest BCUT2D eigenvalue weighted by molar-refractivity contribution is -0.136. The van der Waals surface area contributed by atoms with Gasteiger partial charge in [0, 0.05) is 37.7 Å². The van der Waals surface area contributed by atoms with Crippen LogP contribution in [0.3, 0.4) is 0 Å². The molecule has 0 aliphatic carbocycles. The number of rotatable bonds is 5. The van der Waals surface area contributed by atoms with Gasteiger partial charge in [-0.3, -0.25) is 24.6 Å². The van der Waals surface area contributed by atoms with Crippen LogP contribution in [0.25, 0.3) is 0 Å². The molecule has 7 heteroatoms. The molecule has 0 spiro atoms. The van der Waals surface area contributed by atoms with Crippen molar-refractivity contribution in [1.82, 2.24) is 15.1 Å². The zero-order chi connectivity index (χ0) is 18.1. The molecule has 1 aromatic rings. The van der Waals surface area contributed by atoms with Gasteiger partial charge in [0.05, 0.1) is 0 Å². The molecule has 7 nitrogen and oxygen atoms in total. The van der Waals surface area contributed by atoms with E-state index in [1.807, 2.05) is 25.2 Å². The van der Waals surface area contributed by atoms with Gasteiger partial charge in [0.25, 0.3) is 5.91 Å². The van der Waals surface area contributed by atoms with Crippen LogP contribution in [0.15, 0.2) is 18.2 Å². The lowest BCUT2D eigenvalue weighted by Crippen LogP contribution is -2.52. The highest BCUT2D eigenvalue weighted by molar-refractivity contribution is 6.05. The van der Waals surface area contributed by atoms with Crippen molar-refractivity contribution in [3.8, 4) is 0 Å². The predicted octanol–water partition coefficient (Wildman–Crippen LogP) is 0.227. The largest absolute Gasteiger partial charge is 0.329 e. The highest BCUT2D eigenvalue weighted by Crippen LogP contribution is 2.28. The normalized spacial score (nSPS) is 21.5. The van der Waals surface area contributed by atoms with E-state index in [0.29, 0.717) is 31.6 Å². The van der Waals surface area contributed by atoms with Gasteiger partial charge in [-0.05, 0) is 37.6 Å². The smallest absolute Gasteiger partial charge is 0.255 e. The molecule has 0 aromatic heterocycles. The number of hydrogen-bond donors (Lipinski definition) is 2. The zero-order valence-corrected chi connectivity index (χ0v) is 14.6. The Morgan fingerprint density at radius 1 is 1.36 bits per heavy atom.